The van der Waals surface area contributed by atoms with Crippen molar-refractivity contribution in [2.24, 2.45) is 11.8 Å². The fourth-order valence-corrected chi connectivity index (χ4v) is 1.66. The molecule has 1 aliphatic rings. The minimum absolute atomic E-state index is 0.101. The average Bonchev–Trinajstić information content (AvgIpc) is 2.85. The van der Waals surface area contributed by atoms with Gasteiger partial charge < -0.3 is 0 Å². The van der Waals surface area contributed by atoms with E-state index in [1.165, 1.54) is 19.3 Å². The van der Waals surface area contributed by atoms with E-state index in [0.717, 1.165) is 31.3 Å². The van der Waals surface area contributed by atoms with Crippen LogP contribution in [0.4, 0.5) is 8.78 Å². The van der Waals surface area contributed by atoms with Crippen molar-refractivity contribution in [3.8, 4) is 0 Å². The molecular formula is C11H18F2. The Kier molecular flexibility index (Phi) is 4.40. The normalized spacial score (nSPS) is 18.4. The van der Waals surface area contributed by atoms with Gasteiger partial charge in [0.05, 0.1) is 0 Å². The summed E-state index contributed by atoms with van der Waals surface area (Å²) in [5, 5.41) is 0. The predicted octanol–water partition coefficient (Wildman–Crippen LogP) is 4.37. The van der Waals surface area contributed by atoms with E-state index in [2.05, 4.69) is 0 Å². The molecule has 1 saturated carbocycles. The highest BCUT2D eigenvalue weighted by atomic mass is 19.3. The molecule has 0 aromatic rings. The molecule has 0 bridgehead atoms. The van der Waals surface area contributed by atoms with Crippen LogP contribution in [0.5, 0.6) is 0 Å². The lowest BCUT2D eigenvalue weighted by Crippen LogP contribution is -1.95. The van der Waals surface area contributed by atoms with E-state index in [1.807, 2.05) is 6.92 Å². The molecule has 1 fully saturated rings. The van der Waals surface area contributed by atoms with Crippen molar-refractivity contribution < 1.29 is 8.78 Å². The zero-order valence-electron chi connectivity index (χ0n) is 8.23. The van der Waals surface area contributed by atoms with Crippen LogP contribution in [-0.2, 0) is 0 Å². The molecule has 0 radical (unpaired) electrons. The van der Waals surface area contributed by atoms with E-state index in [0.29, 0.717) is 0 Å². The molecule has 0 saturated heterocycles. The van der Waals surface area contributed by atoms with Crippen molar-refractivity contribution in [2.45, 2.75) is 45.4 Å². The first-order chi connectivity index (χ1) is 6.22. The Morgan fingerprint density at radius 1 is 1.46 bits per heavy atom. The van der Waals surface area contributed by atoms with Gasteiger partial charge in [-0.2, -0.15) is 8.78 Å². The summed E-state index contributed by atoms with van der Waals surface area (Å²) in [7, 11) is 0. The second-order valence-corrected chi connectivity index (χ2v) is 4.00. The SMILES string of the molecule is CCC(C=C(F)F)CCCC1CC1. The third-order valence-corrected chi connectivity index (χ3v) is 2.77. The van der Waals surface area contributed by atoms with Gasteiger partial charge in [-0.25, -0.2) is 0 Å². The van der Waals surface area contributed by atoms with Crippen molar-refractivity contribution in [1.29, 1.82) is 0 Å². The quantitative estimate of drug-likeness (QED) is 0.580. The van der Waals surface area contributed by atoms with E-state index >= 15 is 0 Å². The van der Waals surface area contributed by atoms with E-state index in [4.69, 9.17) is 0 Å². The number of allylic oxidation sites excluding steroid dienone is 1. The van der Waals surface area contributed by atoms with Crippen molar-refractivity contribution in [2.75, 3.05) is 0 Å². The van der Waals surface area contributed by atoms with Gasteiger partial charge in [-0.1, -0.05) is 32.6 Å². The number of rotatable bonds is 6. The van der Waals surface area contributed by atoms with Crippen LogP contribution in [0.1, 0.15) is 45.4 Å². The molecule has 0 heterocycles. The molecule has 76 valence electrons. The molecular weight excluding hydrogens is 170 g/mol. The summed E-state index contributed by atoms with van der Waals surface area (Å²) < 4.78 is 23.9. The van der Waals surface area contributed by atoms with Gasteiger partial charge in [0, 0.05) is 0 Å². The zero-order valence-corrected chi connectivity index (χ0v) is 8.23. The Balaban J connectivity index is 2.10. The molecule has 0 aromatic heterocycles. The summed E-state index contributed by atoms with van der Waals surface area (Å²) in [6.07, 6.45) is 6.47. The summed E-state index contributed by atoms with van der Waals surface area (Å²) in [5.41, 5.74) is 0. The van der Waals surface area contributed by atoms with Crippen molar-refractivity contribution in [1.82, 2.24) is 0 Å². The third kappa shape index (κ3) is 5.02. The standard InChI is InChI=1S/C11H18F2/c1-2-9(8-11(12)13)4-3-5-10-6-7-10/h8-10H,2-7H2,1H3. The highest BCUT2D eigenvalue weighted by molar-refractivity contribution is 4.87. The molecule has 13 heavy (non-hydrogen) atoms. The zero-order chi connectivity index (χ0) is 9.68. The van der Waals surface area contributed by atoms with Gasteiger partial charge >= 0.3 is 0 Å². The van der Waals surface area contributed by atoms with Crippen LogP contribution in [0.3, 0.4) is 0 Å². The second-order valence-electron chi connectivity index (χ2n) is 4.00. The van der Waals surface area contributed by atoms with E-state index in [9.17, 15) is 8.78 Å². The van der Waals surface area contributed by atoms with Gasteiger partial charge in [0.2, 0.25) is 0 Å². The highest BCUT2D eigenvalue weighted by Crippen LogP contribution is 2.34. The molecule has 0 aromatic carbocycles. The molecule has 1 aliphatic carbocycles. The van der Waals surface area contributed by atoms with Crippen LogP contribution in [0.25, 0.3) is 0 Å². The van der Waals surface area contributed by atoms with Crippen LogP contribution in [-0.4, -0.2) is 0 Å². The molecule has 1 unspecified atom stereocenters. The van der Waals surface area contributed by atoms with Gasteiger partial charge in [0.15, 0.2) is 0 Å². The molecule has 1 rings (SSSR count). The Labute approximate surface area is 79.0 Å². The molecule has 2 heteroatoms. The van der Waals surface area contributed by atoms with E-state index in [-0.39, 0.29) is 5.92 Å². The first-order valence-electron chi connectivity index (χ1n) is 5.25. The van der Waals surface area contributed by atoms with Gasteiger partial charge in [0.1, 0.15) is 0 Å². The maximum Gasteiger partial charge on any atom is 0.266 e. The molecule has 0 aliphatic heterocycles. The minimum atomic E-state index is -1.52. The highest BCUT2D eigenvalue weighted by Gasteiger charge is 2.20. The fraction of sp³-hybridized carbons (Fsp3) is 0.818. The minimum Gasteiger partial charge on any atom is -0.174 e. The summed E-state index contributed by atoms with van der Waals surface area (Å²) in [6, 6.07) is 0. The average molecular weight is 188 g/mol. The molecule has 0 spiro atoms. The topological polar surface area (TPSA) is 0 Å². The summed E-state index contributed by atoms with van der Waals surface area (Å²) in [5.74, 6) is 1.03. The second kappa shape index (κ2) is 5.36. The van der Waals surface area contributed by atoms with Crippen molar-refractivity contribution >= 4 is 0 Å². The van der Waals surface area contributed by atoms with Crippen LogP contribution in [0.15, 0.2) is 12.2 Å². The largest absolute Gasteiger partial charge is 0.266 e. The third-order valence-electron chi connectivity index (χ3n) is 2.77. The molecule has 0 N–H and O–H groups in total. The molecule has 0 nitrogen and oxygen atoms in total. The summed E-state index contributed by atoms with van der Waals surface area (Å²) in [6.45, 7) is 1.97. The van der Waals surface area contributed by atoms with Gasteiger partial charge in [-0.15, -0.1) is 0 Å². The smallest absolute Gasteiger partial charge is 0.174 e. The van der Waals surface area contributed by atoms with E-state index in [1.54, 1.807) is 0 Å². The number of hydrogen-bond donors (Lipinski definition) is 0. The Bertz CT molecular complexity index is 167. The summed E-state index contributed by atoms with van der Waals surface area (Å²) in [4.78, 5) is 0. The van der Waals surface area contributed by atoms with Gasteiger partial charge in [-0.05, 0) is 30.8 Å². The predicted molar refractivity (Wildman–Crippen MR) is 50.7 cm³/mol. The van der Waals surface area contributed by atoms with Gasteiger partial charge in [0.25, 0.3) is 6.08 Å². The maximum atomic E-state index is 11.9. The molecule has 0 amide bonds. The van der Waals surface area contributed by atoms with Crippen LogP contribution < -0.4 is 0 Å². The number of halogens is 2. The van der Waals surface area contributed by atoms with Crippen LogP contribution >= 0.6 is 0 Å². The van der Waals surface area contributed by atoms with Crippen molar-refractivity contribution in [3.63, 3.8) is 0 Å². The monoisotopic (exact) mass is 188 g/mol. The fourth-order valence-electron chi connectivity index (χ4n) is 1.66. The first kappa shape index (κ1) is 10.7. The lowest BCUT2D eigenvalue weighted by molar-refractivity contribution is 0.399. The van der Waals surface area contributed by atoms with E-state index < -0.39 is 6.08 Å². The maximum absolute atomic E-state index is 11.9. The lowest BCUT2D eigenvalue weighted by Gasteiger charge is -2.08. The van der Waals surface area contributed by atoms with Crippen molar-refractivity contribution in [3.05, 3.63) is 12.2 Å². The Morgan fingerprint density at radius 3 is 2.62 bits per heavy atom. The lowest BCUT2D eigenvalue weighted by atomic mass is 9.98. The Morgan fingerprint density at radius 2 is 2.15 bits per heavy atom. The van der Waals surface area contributed by atoms with Crippen LogP contribution in [0, 0.1) is 11.8 Å². The van der Waals surface area contributed by atoms with Gasteiger partial charge in [-0.3, -0.25) is 0 Å². The summed E-state index contributed by atoms with van der Waals surface area (Å²) >= 11 is 0. The van der Waals surface area contributed by atoms with Crippen LogP contribution in [0.2, 0.25) is 0 Å². The first-order valence-corrected chi connectivity index (χ1v) is 5.25. The number of hydrogen-bond acceptors (Lipinski definition) is 0. The molecule has 1 atom stereocenters. The Hall–Kier alpha value is -0.400.